The van der Waals surface area contributed by atoms with Crippen molar-refractivity contribution in [2.45, 2.75) is 6.61 Å². The van der Waals surface area contributed by atoms with Gasteiger partial charge in [0.05, 0.1) is 27.6 Å². The molecule has 0 atom stereocenters. The largest absolute Gasteiger partial charge is 0.493 e. The lowest BCUT2D eigenvalue weighted by molar-refractivity contribution is -0.384. The quantitative estimate of drug-likeness (QED) is 0.152. The molecule has 1 amide bonds. The number of amides is 1. The number of thiocarbonyl (C=S) groups is 1. The summed E-state index contributed by atoms with van der Waals surface area (Å²) in [7, 11) is 1.47. The fourth-order valence-electron chi connectivity index (χ4n) is 3.30. The van der Waals surface area contributed by atoms with Gasteiger partial charge in [0, 0.05) is 17.7 Å². The van der Waals surface area contributed by atoms with Crippen molar-refractivity contribution in [2.75, 3.05) is 12.0 Å². The third kappa shape index (κ3) is 5.29. The van der Waals surface area contributed by atoms with E-state index in [9.17, 15) is 19.3 Å². The molecule has 1 aliphatic heterocycles. The van der Waals surface area contributed by atoms with E-state index in [0.29, 0.717) is 27.7 Å². The smallest absolute Gasteiger partial charge is 0.271 e. The second kappa shape index (κ2) is 10.4. The third-order valence-corrected chi connectivity index (χ3v) is 6.67. The number of ether oxygens (including phenoxy) is 2. The summed E-state index contributed by atoms with van der Waals surface area (Å²) in [6.45, 7) is -0.125. The van der Waals surface area contributed by atoms with Gasteiger partial charge in [-0.1, -0.05) is 53.8 Å². The van der Waals surface area contributed by atoms with Gasteiger partial charge in [-0.15, -0.1) is 0 Å². The number of non-ortho nitro benzene ring substituents is 1. The lowest BCUT2D eigenvalue weighted by Crippen LogP contribution is -2.27. The van der Waals surface area contributed by atoms with Crippen molar-refractivity contribution in [3.63, 3.8) is 0 Å². The Balaban J connectivity index is 1.60. The maximum Gasteiger partial charge on any atom is 0.271 e. The van der Waals surface area contributed by atoms with Gasteiger partial charge >= 0.3 is 0 Å². The standard InChI is InChI=1S/C24H16ClFN2O5S2/c1-32-20-9-8-14(10-21(20)33-13-17-18(25)6-3-7-19(17)26)11-22-23(29)27(24(34)35-22)15-4-2-5-16(12-15)28(30)31/h2-12H,13H2,1H3/b22-11+. The first-order chi connectivity index (χ1) is 16.8. The van der Waals surface area contributed by atoms with E-state index in [1.807, 2.05) is 0 Å². The van der Waals surface area contributed by atoms with Crippen LogP contribution in [0.3, 0.4) is 0 Å². The minimum absolute atomic E-state index is 0.125. The normalized spacial score (nSPS) is 14.5. The lowest BCUT2D eigenvalue weighted by Gasteiger charge is -2.14. The highest BCUT2D eigenvalue weighted by atomic mass is 35.5. The SMILES string of the molecule is COc1ccc(/C=C2/SC(=S)N(c3cccc([N+](=O)[O-])c3)C2=O)cc1OCc1c(F)cccc1Cl. The van der Waals surface area contributed by atoms with Gasteiger partial charge in [0.15, 0.2) is 15.8 Å². The molecule has 3 aromatic carbocycles. The Hall–Kier alpha value is -3.47. The summed E-state index contributed by atoms with van der Waals surface area (Å²) in [5, 5.41) is 11.3. The highest BCUT2D eigenvalue weighted by Crippen LogP contribution is 2.38. The van der Waals surface area contributed by atoms with E-state index < -0.39 is 16.6 Å². The Morgan fingerprint density at radius 1 is 1.17 bits per heavy atom. The molecule has 0 radical (unpaired) electrons. The Morgan fingerprint density at radius 2 is 1.94 bits per heavy atom. The Morgan fingerprint density at radius 3 is 2.66 bits per heavy atom. The molecule has 3 aromatic rings. The van der Waals surface area contributed by atoms with Gasteiger partial charge in [-0.3, -0.25) is 19.8 Å². The summed E-state index contributed by atoms with van der Waals surface area (Å²) in [5.41, 5.74) is 0.984. The Labute approximate surface area is 214 Å². The average molecular weight is 531 g/mol. The molecule has 4 rings (SSSR count). The van der Waals surface area contributed by atoms with Gasteiger partial charge in [0.25, 0.3) is 11.6 Å². The van der Waals surface area contributed by atoms with Crippen molar-refractivity contribution in [1.82, 2.24) is 0 Å². The molecule has 35 heavy (non-hydrogen) atoms. The van der Waals surface area contributed by atoms with E-state index >= 15 is 0 Å². The number of nitro benzene ring substituents is 1. The molecule has 0 N–H and O–H groups in total. The number of nitrogens with zero attached hydrogens (tertiary/aromatic N) is 2. The monoisotopic (exact) mass is 530 g/mol. The number of methoxy groups -OCH3 is 1. The number of carbonyl (C=O) groups excluding carboxylic acids is 1. The zero-order valence-corrected chi connectivity index (χ0v) is 20.5. The molecular weight excluding hydrogens is 515 g/mol. The molecular formula is C24H16ClFN2O5S2. The number of thioether (sulfide) groups is 1. The second-order valence-corrected chi connectivity index (χ2v) is 9.28. The van der Waals surface area contributed by atoms with E-state index in [1.165, 1.54) is 42.3 Å². The van der Waals surface area contributed by atoms with Crippen LogP contribution in [-0.2, 0) is 11.4 Å². The van der Waals surface area contributed by atoms with Crippen LogP contribution in [0.2, 0.25) is 5.02 Å². The maximum absolute atomic E-state index is 14.1. The Bertz CT molecular complexity index is 1360. The van der Waals surface area contributed by atoms with Crippen LogP contribution in [0.5, 0.6) is 11.5 Å². The van der Waals surface area contributed by atoms with Crippen LogP contribution in [0, 0.1) is 15.9 Å². The average Bonchev–Trinajstić information content (AvgIpc) is 3.11. The highest BCUT2D eigenvalue weighted by molar-refractivity contribution is 8.27. The van der Waals surface area contributed by atoms with E-state index in [4.69, 9.17) is 33.3 Å². The van der Waals surface area contributed by atoms with Gasteiger partial charge in [-0.25, -0.2) is 4.39 Å². The summed E-state index contributed by atoms with van der Waals surface area (Å²) in [6.07, 6.45) is 1.62. The number of rotatable bonds is 7. The molecule has 0 saturated carbocycles. The highest BCUT2D eigenvalue weighted by Gasteiger charge is 2.34. The van der Waals surface area contributed by atoms with Crippen LogP contribution in [0.25, 0.3) is 6.08 Å². The van der Waals surface area contributed by atoms with E-state index in [0.717, 1.165) is 11.8 Å². The van der Waals surface area contributed by atoms with Crippen LogP contribution in [-0.4, -0.2) is 22.3 Å². The summed E-state index contributed by atoms with van der Waals surface area (Å²) in [5.74, 6) is -0.150. The van der Waals surface area contributed by atoms with Crippen molar-refractivity contribution in [1.29, 1.82) is 0 Å². The summed E-state index contributed by atoms with van der Waals surface area (Å²) < 4.78 is 25.5. The van der Waals surface area contributed by atoms with Crippen molar-refractivity contribution in [2.24, 2.45) is 0 Å². The molecule has 1 aliphatic rings. The minimum Gasteiger partial charge on any atom is -0.493 e. The van der Waals surface area contributed by atoms with Crippen LogP contribution in [0.4, 0.5) is 15.8 Å². The second-order valence-electron chi connectivity index (χ2n) is 7.19. The zero-order valence-electron chi connectivity index (χ0n) is 18.1. The van der Waals surface area contributed by atoms with Crippen molar-refractivity contribution in [3.8, 4) is 11.5 Å². The zero-order chi connectivity index (χ0) is 25.1. The molecule has 0 aliphatic carbocycles. The molecule has 1 saturated heterocycles. The molecule has 178 valence electrons. The topological polar surface area (TPSA) is 81.9 Å². The molecule has 0 unspecified atom stereocenters. The number of halogens is 2. The van der Waals surface area contributed by atoms with E-state index in [-0.39, 0.29) is 27.2 Å². The third-order valence-electron chi connectivity index (χ3n) is 5.01. The van der Waals surface area contributed by atoms with Crippen LogP contribution >= 0.6 is 35.6 Å². The fraction of sp³-hybridized carbons (Fsp3) is 0.0833. The van der Waals surface area contributed by atoms with Crippen LogP contribution < -0.4 is 14.4 Å². The molecule has 1 heterocycles. The lowest BCUT2D eigenvalue weighted by atomic mass is 10.1. The molecule has 7 nitrogen and oxygen atoms in total. The molecule has 1 fully saturated rings. The van der Waals surface area contributed by atoms with E-state index in [2.05, 4.69) is 0 Å². The van der Waals surface area contributed by atoms with Gasteiger partial charge in [0.2, 0.25) is 0 Å². The van der Waals surface area contributed by atoms with Crippen molar-refractivity contribution in [3.05, 3.63) is 97.6 Å². The summed E-state index contributed by atoms with van der Waals surface area (Å²) in [6, 6.07) is 15.1. The van der Waals surface area contributed by atoms with Gasteiger partial charge in [-0.05, 0) is 42.0 Å². The minimum atomic E-state index is -0.537. The number of hydrogen-bond donors (Lipinski definition) is 0. The first-order valence-corrected chi connectivity index (χ1v) is 11.6. The summed E-state index contributed by atoms with van der Waals surface area (Å²) in [4.78, 5) is 25.2. The first-order valence-electron chi connectivity index (χ1n) is 10.0. The van der Waals surface area contributed by atoms with Gasteiger partial charge < -0.3 is 9.47 Å². The molecule has 0 spiro atoms. The number of anilines is 1. The number of carbonyl (C=O) groups is 1. The number of benzene rings is 3. The van der Waals surface area contributed by atoms with Gasteiger partial charge in [0.1, 0.15) is 12.4 Å². The van der Waals surface area contributed by atoms with Crippen molar-refractivity contribution < 1.29 is 23.6 Å². The van der Waals surface area contributed by atoms with E-state index in [1.54, 1.807) is 36.4 Å². The van der Waals surface area contributed by atoms with Gasteiger partial charge in [-0.2, -0.15) is 0 Å². The molecule has 11 heteroatoms. The summed E-state index contributed by atoms with van der Waals surface area (Å²) >= 11 is 12.5. The Kier molecular flexibility index (Phi) is 7.34. The first kappa shape index (κ1) is 24.6. The molecule has 0 aromatic heterocycles. The maximum atomic E-state index is 14.1. The predicted octanol–water partition coefficient (Wildman–Crippen LogP) is 6.38. The van der Waals surface area contributed by atoms with Crippen LogP contribution in [0.15, 0.2) is 65.6 Å². The van der Waals surface area contributed by atoms with Crippen LogP contribution in [0.1, 0.15) is 11.1 Å². The van der Waals surface area contributed by atoms with Crippen molar-refractivity contribution >= 4 is 63.3 Å². The number of hydrogen-bond acceptors (Lipinski definition) is 7. The molecule has 0 bridgehead atoms. The predicted molar refractivity (Wildman–Crippen MR) is 137 cm³/mol. The fourth-order valence-corrected chi connectivity index (χ4v) is 4.82. The number of nitro groups is 1.